The third-order valence-electron chi connectivity index (χ3n) is 4.13. The summed E-state index contributed by atoms with van der Waals surface area (Å²) in [6, 6.07) is 13.9. The van der Waals surface area contributed by atoms with E-state index < -0.39 is 20.7 Å². The van der Waals surface area contributed by atoms with Crippen LogP contribution < -0.4 is 5.32 Å². The van der Waals surface area contributed by atoms with Crippen molar-refractivity contribution in [3.63, 3.8) is 0 Å². The van der Waals surface area contributed by atoms with Crippen LogP contribution in [0.2, 0.25) is 0 Å². The molecule has 0 radical (unpaired) electrons. The van der Waals surface area contributed by atoms with Crippen molar-refractivity contribution in [2.45, 2.75) is 38.0 Å². The number of methoxy groups -OCH3 is 1. The summed E-state index contributed by atoms with van der Waals surface area (Å²) in [7, 11) is -2.88. The maximum absolute atomic E-state index is 13.0. The molecule has 0 bridgehead atoms. The van der Waals surface area contributed by atoms with Gasteiger partial charge in [0.1, 0.15) is 0 Å². The first kappa shape index (κ1) is 20.7. The second-order valence-electron chi connectivity index (χ2n) is 7.29. The number of aryl methyl sites for hydroxylation is 1. The molecule has 27 heavy (non-hydrogen) atoms. The van der Waals surface area contributed by atoms with E-state index >= 15 is 0 Å². The molecule has 144 valence electrons. The average molecular weight is 388 g/mol. The summed E-state index contributed by atoms with van der Waals surface area (Å²) < 4.78 is 30.6. The van der Waals surface area contributed by atoms with Gasteiger partial charge in [0.05, 0.1) is 12.0 Å². The standard InChI is InChI=1S/C21H25NO4S/c1-15-6-10-17(11-7-15)22-14-19(20(23)26-5)27(24,25)18-12-8-16(9-13-18)21(2,3)4/h6-14,22H,1-5H3. The number of hydrogen-bond acceptors (Lipinski definition) is 5. The first-order valence-corrected chi connectivity index (χ1v) is 10.0. The Bertz CT molecular complexity index is 935. The first-order chi connectivity index (χ1) is 12.6. The van der Waals surface area contributed by atoms with Crippen LogP contribution in [0.4, 0.5) is 5.69 Å². The SMILES string of the molecule is COC(=O)C(=CNc1ccc(C)cc1)S(=O)(=O)c1ccc(C(C)(C)C)cc1. The van der Waals surface area contributed by atoms with Gasteiger partial charge in [-0.05, 0) is 42.2 Å². The van der Waals surface area contributed by atoms with Gasteiger partial charge in [0.2, 0.25) is 9.84 Å². The Balaban J connectivity index is 2.40. The molecule has 2 aromatic carbocycles. The van der Waals surface area contributed by atoms with Gasteiger partial charge in [0.15, 0.2) is 4.91 Å². The summed E-state index contributed by atoms with van der Waals surface area (Å²) in [4.78, 5) is 11.7. The molecule has 0 amide bonds. The third-order valence-corrected chi connectivity index (χ3v) is 5.88. The molecular formula is C21H25NO4S. The maximum Gasteiger partial charge on any atom is 0.351 e. The van der Waals surface area contributed by atoms with Gasteiger partial charge in [-0.25, -0.2) is 13.2 Å². The lowest BCUT2D eigenvalue weighted by atomic mass is 9.87. The molecule has 0 aliphatic rings. The Morgan fingerprint density at radius 1 is 1.00 bits per heavy atom. The highest BCUT2D eigenvalue weighted by molar-refractivity contribution is 7.96. The Kier molecular flexibility index (Phi) is 6.11. The number of rotatable bonds is 5. The molecule has 0 unspecified atom stereocenters. The topological polar surface area (TPSA) is 72.5 Å². The molecule has 0 aromatic heterocycles. The fraction of sp³-hybridized carbons (Fsp3) is 0.286. The highest BCUT2D eigenvalue weighted by atomic mass is 32.2. The van der Waals surface area contributed by atoms with E-state index in [1.165, 1.54) is 18.3 Å². The zero-order valence-corrected chi connectivity index (χ0v) is 17.1. The zero-order chi connectivity index (χ0) is 20.2. The second-order valence-corrected chi connectivity index (χ2v) is 9.21. The fourth-order valence-electron chi connectivity index (χ4n) is 2.41. The monoisotopic (exact) mass is 387 g/mol. The van der Waals surface area contributed by atoms with Crippen molar-refractivity contribution in [2.75, 3.05) is 12.4 Å². The molecule has 2 aromatic rings. The van der Waals surface area contributed by atoms with Gasteiger partial charge in [0, 0.05) is 11.9 Å². The normalized spacial score (nSPS) is 12.6. The molecule has 0 saturated heterocycles. The Labute approximate surface area is 161 Å². The molecule has 2 rings (SSSR count). The summed E-state index contributed by atoms with van der Waals surface area (Å²) in [5.74, 6) is -0.922. The maximum atomic E-state index is 13.0. The highest BCUT2D eigenvalue weighted by Gasteiger charge is 2.28. The Hall–Kier alpha value is -2.60. The number of carbonyl (C=O) groups is 1. The van der Waals surface area contributed by atoms with E-state index in [1.807, 2.05) is 39.8 Å². The van der Waals surface area contributed by atoms with Crippen LogP contribution in [0.5, 0.6) is 0 Å². The number of sulfone groups is 1. The van der Waals surface area contributed by atoms with E-state index in [4.69, 9.17) is 0 Å². The van der Waals surface area contributed by atoms with E-state index in [1.54, 1.807) is 24.3 Å². The van der Waals surface area contributed by atoms with Crippen molar-refractivity contribution >= 4 is 21.5 Å². The zero-order valence-electron chi connectivity index (χ0n) is 16.2. The minimum Gasteiger partial charge on any atom is -0.465 e. The van der Waals surface area contributed by atoms with Crippen LogP contribution in [0.3, 0.4) is 0 Å². The minimum atomic E-state index is -4.03. The van der Waals surface area contributed by atoms with E-state index in [0.717, 1.165) is 18.2 Å². The number of anilines is 1. The van der Waals surface area contributed by atoms with Crippen molar-refractivity contribution in [1.82, 2.24) is 0 Å². The van der Waals surface area contributed by atoms with Gasteiger partial charge >= 0.3 is 5.97 Å². The van der Waals surface area contributed by atoms with E-state index in [9.17, 15) is 13.2 Å². The summed E-state index contributed by atoms with van der Waals surface area (Å²) in [5.41, 5.74) is 2.64. The van der Waals surface area contributed by atoms with E-state index in [0.29, 0.717) is 5.69 Å². The largest absolute Gasteiger partial charge is 0.465 e. The van der Waals surface area contributed by atoms with Crippen LogP contribution in [0.1, 0.15) is 31.9 Å². The van der Waals surface area contributed by atoms with Gasteiger partial charge in [-0.15, -0.1) is 0 Å². The van der Waals surface area contributed by atoms with E-state index in [2.05, 4.69) is 10.1 Å². The van der Waals surface area contributed by atoms with Crippen molar-refractivity contribution in [3.8, 4) is 0 Å². The lowest BCUT2D eigenvalue weighted by molar-refractivity contribution is -0.135. The van der Waals surface area contributed by atoms with Crippen LogP contribution >= 0.6 is 0 Å². The summed E-state index contributed by atoms with van der Waals surface area (Å²) in [5, 5.41) is 2.86. The summed E-state index contributed by atoms with van der Waals surface area (Å²) in [6.45, 7) is 8.08. The molecule has 0 atom stereocenters. The Morgan fingerprint density at radius 3 is 2.04 bits per heavy atom. The van der Waals surface area contributed by atoms with Crippen molar-refractivity contribution in [2.24, 2.45) is 0 Å². The molecule has 0 aliphatic carbocycles. The molecule has 0 saturated carbocycles. The molecule has 6 heteroatoms. The van der Waals surface area contributed by atoms with Crippen LogP contribution in [0, 0.1) is 6.92 Å². The summed E-state index contributed by atoms with van der Waals surface area (Å²) in [6.07, 6.45) is 1.17. The van der Waals surface area contributed by atoms with Gasteiger partial charge in [-0.1, -0.05) is 50.6 Å². The number of esters is 1. The van der Waals surface area contributed by atoms with Crippen LogP contribution in [0.15, 0.2) is 64.5 Å². The first-order valence-electron chi connectivity index (χ1n) is 8.53. The van der Waals surface area contributed by atoms with Gasteiger partial charge in [0.25, 0.3) is 0 Å². The Morgan fingerprint density at radius 2 is 1.56 bits per heavy atom. The number of benzene rings is 2. The highest BCUT2D eigenvalue weighted by Crippen LogP contribution is 2.26. The summed E-state index contributed by atoms with van der Waals surface area (Å²) >= 11 is 0. The lowest BCUT2D eigenvalue weighted by Crippen LogP contribution is -2.17. The van der Waals surface area contributed by atoms with Crippen LogP contribution in [0.25, 0.3) is 0 Å². The van der Waals surface area contributed by atoms with Crippen LogP contribution in [-0.2, 0) is 24.8 Å². The average Bonchev–Trinajstić information content (AvgIpc) is 2.62. The van der Waals surface area contributed by atoms with Crippen molar-refractivity contribution in [3.05, 3.63) is 70.8 Å². The smallest absolute Gasteiger partial charge is 0.351 e. The second kappa shape index (κ2) is 7.96. The van der Waals surface area contributed by atoms with Gasteiger partial charge in [-0.2, -0.15) is 0 Å². The molecule has 0 heterocycles. The van der Waals surface area contributed by atoms with Gasteiger partial charge in [-0.3, -0.25) is 0 Å². The molecular weight excluding hydrogens is 362 g/mol. The third kappa shape index (κ3) is 4.98. The van der Waals surface area contributed by atoms with Crippen LogP contribution in [-0.4, -0.2) is 21.5 Å². The number of hydrogen-bond donors (Lipinski definition) is 1. The fourth-order valence-corrected chi connectivity index (χ4v) is 3.67. The molecule has 0 aliphatic heterocycles. The van der Waals surface area contributed by atoms with Crippen molar-refractivity contribution < 1.29 is 17.9 Å². The molecule has 0 spiro atoms. The minimum absolute atomic E-state index is 0.0397. The van der Waals surface area contributed by atoms with E-state index in [-0.39, 0.29) is 10.3 Å². The lowest BCUT2D eigenvalue weighted by Gasteiger charge is -2.19. The predicted molar refractivity (Wildman–Crippen MR) is 107 cm³/mol. The quantitative estimate of drug-likeness (QED) is 0.615. The number of carbonyl (C=O) groups excluding carboxylic acids is 1. The molecule has 1 N–H and O–H groups in total. The molecule has 0 fully saturated rings. The predicted octanol–water partition coefficient (Wildman–Crippen LogP) is 4.19. The molecule has 5 nitrogen and oxygen atoms in total. The number of ether oxygens (including phenoxy) is 1. The number of nitrogens with one attached hydrogen (secondary N) is 1. The van der Waals surface area contributed by atoms with Gasteiger partial charge < -0.3 is 10.1 Å². The van der Waals surface area contributed by atoms with Crippen molar-refractivity contribution in [1.29, 1.82) is 0 Å².